The van der Waals surface area contributed by atoms with Gasteiger partial charge in [0, 0.05) is 17.9 Å². The molecule has 26 heavy (non-hydrogen) atoms. The zero-order chi connectivity index (χ0) is 18.5. The van der Waals surface area contributed by atoms with Crippen molar-refractivity contribution in [2.45, 2.75) is 31.3 Å². The number of methoxy groups -OCH3 is 1. The van der Waals surface area contributed by atoms with Gasteiger partial charge in [0.25, 0.3) is 0 Å². The van der Waals surface area contributed by atoms with Crippen LogP contribution < -0.4 is 4.74 Å². The zero-order valence-corrected chi connectivity index (χ0v) is 16.2. The Labute approximate surface area is 158 Å². The third kappa shape index (κ3) is 3.99. The van der Waals surface area contributed by atoms with Crippen molar-refractivity contribution in [3.05, 3.63) is 71.8 Å². The summed E-state index contributed by atoms with van der Waals surface area (Å²) in [5, 5.41) is 9.71. The molecule has 0 aliphatic carbocycles. The summed E-state index contributed by atoms with van der Waals surface area (Å²) in [7, 11) is 1.66. The highest BCUT2D eigenvalue weighted by atomic mass is 32.2. The molecule has 5 heteroatoms. The number of benzene rings is 2. The number of aromatic nitrogens is 3. The van der Waals surface area contributed by atoms with Gasteiger partial charge in [0.1, 0.15) is 5.75 Å². The fourth-order valence-electron chi connectivity index (χ4n) is 2.68. The predicted octanol–water partition coefficient (Wildman–Crippen LogP) is 5.05. The first-order valence-electron chi connectivity index (χ1n) is 8.50. The van der Waals surface area contributed by atoms with Crippen molar-refractivity contribution in [1.29, 1.82) is 0 Å². The zero-order valence-electron chi connectivity index (χ0n) is 15.4. The number of nitrogens with zero attached hydrogens (tertiary/aromatic N) is 3. The topological polar surface area (TPSA) is 39.9 Å². The van der Waals surface area contributed by atoms with Gasteiger partial charge in [-0.15, -0.1) is 16.8 Å². The van der Waals surface area contributed by atoms with E-state index in [4.69, 9.17) is 4.74 Å². The summed E-state index contributed by atoms with van der Waals surface area (Å²) in [6.07, 6.45) is 1.87. The molecule has 134 valence electrons. The van der Waals surface area contributed by atoms with Gasteiger partial charge in [0.05, 0.1) is 7.11 Å². The van der Waals surface area contributed by atoms with Gasteiger partial charge in [-0.05, 0) is 54.8 Å². The number of thioether (sulfide) groups is 1. The van der Waals surface area contributed by atoms with Gasteiger partial charge in [-0.1, -0.05) is 36.0 Å². The Kier molecular flexibility index (Phi) is 5.78. The van der Waals surface area contributed by atoms with E-state index in [1.165, 1.54) is 16.7 Å². The highest BCUT2D eigenvalue weighted by Gasteiger charge is 2.14. The Bertz CT molecular complexity index is 900. The minimum atomic E-state index is 0.670. The maximum atomic E-state index is 5.23. The van der Waals surface area contributed by atoms with E-state index in [1.54, 1.807) is 18.9 Å². The molecule has 0 bridgehead atoms. The van der Waals surface area contributed by atoms with Crippen molar-refractivity contribution in [2.24, 2.45) is 0 Å². The number of aryl methyl sites for hydroxylation is 2. The summed E-state index contributed by atoms with van der Waals surface area (Å²) < 4.78 is 7.33. The Morgan fingerprint density at radius 1 is 1.08 bits per heavy atom. The van der Waals surface area contributed by atoms with E-state index in [0.717, 1.165) is 28.0 Å². The lowest BCUT2D eigenvalue weighted by molar-refractivity contribution is 0.415. The molecular formula is C21H23N3OS. The summed E-state index contributed by atoms with van der Waals surface area (Å²) in [5.41, 5.74) is 4.93. The van der Waals surface area contributed by atoms with Crippen molar-refractivity contribution in [3.63, 3.8) is 0 Å². The van der Waals surface area contributed by atoms with E-state index >= 15 is 0 Å². The summed E-state index contributed by atoms with van der Waals surface area (Å²) in [6, 6.07) is 14.5. The summed E-state index contributed by atoms with van der Waals surface area (Å²) >= 11 is 1.69. The molecular weight excluding hydrogens is 342 g/mol. The molecule has 0 atom stereocenters. The van der Waals surface area contributed by atoms with Crippen LogP contribution in [-0.2, 0) is 12.3 Å². The Balaban J connectivity index is 1.83. The molecule has 0 aliphatic rings. The van der Waals surface area contributed by atoms with Crippen molar-refractivity contribution in [2.75, 3.05) is 7.11 Å². The summed E-state index contributed by atoms with van der Waals surface area (Å²) in [5.74, 6) is 2.53. The van der Waals surface area contributed by atoms with Crippen LogP contribution in [0.1, 0.15) is 16.7 Å². The number of hydrogen-bond acceptors (Lipinski definition) is 4. The fourth-order valence-corrected chi connectivity index (χ4v) is 3.57. The second kappa shape index (κ2) is 8.23. The lowest BCUT2D eigenvalue weighted by Gasteiger charge is -2.09. The van der Waals surface area contributed by atoms with Crippen LogP contribution in [0.2, 0.25) is 0 Å². The van der Waals surface area contributed by atoms with Gasteiger partial charge in [-0.3, -0.25) is 4.57 Å². The van der Waals surface area contributed by atoms with Gasteiger partial charge in [0.2, 0.25) is 0 Å². The van der Waals surface area contributed by atoms with Gasteiger partial charge in [0.15, 0.2) is 11.0 Å². The SMILES string of the molecule is C=CCn1c(SCc2ccc(C)c(C)c2)nnc1-c1ccc(OC)cc1. The first-order valence-corrected chi connectivity index (χ1v) is 9.48. The van der Waals surface area contributed by atoms with Gasteiger partial charge >= 0.3 is 0 Å². The molecule has 0 unspecified atom stereocenters. The average Bonchev–Trinajstić information content (AvgIpc) is 3.06. The van der Waals surface area contributed by atoms with E-state index in [-0.39, 0.29) is 0 Å². The lowest BCUT2D eigenvalue weighted by atomic mass is 10.1. The molecule has 0 spiro atoms. The Morgan fingerprint density at radius 2 is 1.85 bits per heavy atom. The molecule has 0 aliphatic heterocycles. The number of ether oxygens (including phenoxy) is 1. The van der Waals surface area contributed by atoms with Crippen molar-refractivity contribution >= 4 is 11.8 Å². The highest BCUT2D eigenvalue weighted by Crippen LogP contribution is 2.28. The van der Waals surface area contributed by atoms with Crippen LogP contribution in [0.15, 0.2) is 60.3 Å². The van der Waals surface area contributed by atoms with Crippen molar-refractivity contribution in [3.8, 4) is 17.1 Å². The maximum Gasteiger partial charge on any atom is 0.192 e. The average molecular weight is 366 g/mol. The third-order valence-electron chi connectivity index (χ3n) is 4.32. The molecule has 2 aromatic carbocycles. The van der Waals surface area contributed by atoms with E-state index in [2.05, 4.69) is 53.4 Å². The predicted molar refractivity (Wildman–Crippen MR) is 108 cm³/mol. The fraction of sp³-hybridized carbons (Fsp3) is 0.238. The molecule has 4 nitrogen and oxygen atoms in total. The maximum absolute atomic E-state index is 5.23. The largest absolute Gasteiger partial charge is 0.497 e. The standard InChI is InChI=1S/C21H23N3OS/c1-5-12-24-20(18-8-10-19(25-4)11-9-18)22-23-21(24)26-14-17-7-6-15(2)16(3)13-17/h5-11,13H,1,12,14H2,2-4H3. The minimum absolute atomic E-state index is 0.670. The first-order chi connectivity index (χ1) is 12.6. The van der Waals surface area contributed by atoms with Gasteiger partial charge in [-0.2, -0.15) is 0 Å². The molecule has 0 amide bonds. The lowest BCUT2D eigenvalue weighted by Crippen LogP contribution is -2.00. The quantitative estimate of drug-likeness (QED) is 0.434. The van der Waals surface area contributed by atoms with Crippen LogP contribution in [0.25, 0.3) is 11.4 Å². The van der Waals surface area contributed by atoms with Crippen LogP contribution in [-0.4, -0.2) is 21.9 Å². The molecule has 1 heterocycles. The number of hydrogen-bond donors (Lipinski definition) is 0. The molecule has 0 saturated heterocycles. The third-order valence-corrected chi connectivity index (χ3v) is 5.35. The van der Waals surface area contributed by atoms with E-state index in [1.807, 2.05) is 30.3 Å². The molecule has 0 saturated carbocycles. The van der Waals surface area contributed by atoms with Crippen LogP contribution in [0.5, 0.6) is 5.75 Å². The van der Waals surface area contributed by atoms with E-state index < -0.39 is 0 Å². The normalized spacial score (nSPS) is 10.7. The summed E-state index contributed by atoms with van der Waals surface area (Å²) in [4.78, 5) is 0. The second-order valence-corrected chi connectivity index (χ2v) is 7.08. The molecule has 0 fully saturated rings. The monoisotopic (exact) mass is 365 g/mol. The second-order valence-electron chi connectivity index (χ2n) is 6.14. The van der Waals surface area contributed by atoms with Crippen molar-refractivity contribution < 1.29 is 4.74 Å². The van der Waals surface area contributed by atoms with Gasteiger partial charge in [-0.25, -0.2) is 0 Å². The number of rotatable bonds is 7. The molecule has 1 aromatic heterocycles. The molecule has 3 rings (SSSR count). The van der Waals surface area contributed by atoms with Crippen LogP contribution in [0.4, 0.5) is 0 Å². The highest BCUT2D eigenvalue weighted by molar-refractivity contribution is 7.98. The Morgan fingerprint density at radius 3 is 2.50 bits per heavy atom. The van der Waals surface area contributed by atoms with Gasteiger partial charge < -0.3 is 4.74 Å². The molecule has 0 radical (unpaired) electrons. The molecule has 0 N–H and O–H groups in total. The van der Waals surface area contributed by atoms with E-state index in [0.29, 0.717) is 6.54 Å². The first kappa shape index (κ1) is 18.3. The van der Waals surface area contributed by atoms with E-state index in [9.17, 15) is 0 Å². The van der Waals surface area contributed by atoms with Crippen LogP contribution in [0.3, 0.4) is 0 Å². The Hall–Kier alpha value is -2.53. The molecule has 3 aromatic rings. The van der Waals surface area contributed by atoms with Crippen LogP contribution >= 0.6 is 11.8 Å². The number of allylic oxidation sites excluding steroid dienone is 1. The smallest absolute Gasteiger partial charge is 0.192 e. The minimum Gasteiger partial charge on any atom is -0.497 e. The van der Waals surface area contributed by atoms with Crippen LogP contribution in [0, 0.1) is 13.8 Å². The van der Waals surface area contributed by atoms with Crippen molar-refractivity contribution in [1.82, 2.24) is 14.8 Å². The summed E-state index contributed by atoms with van der Waals surface area (Å²) in [6.45, 7) is 8.82.